The van der Waals surface area contributed by atoms with Crippen molar-refractivity contribution in [3.05, 3.63) is 30.3 Å². The van der Waals surface area contributed by atoms with Crippen LogP contribution in [0.3, 0.4) is 0 Å². The number of rotatable bonds is 2. The SMILES string of the molecule is CC(C)[Si](C)c1ccccc1. The van der Waals surface area contributed by atoms with E-state index in [2.05, 4.69) is 50.7 Å². The highest BCUT2D eigenvalue weighted by atomic mass is 28.3. The third-order valence-electron chi connectivity index (χ3n) is 2.10. The molecule has 1 rings (SSSR count). The van der Waals surface area contributed by atoms with Crippen molar-refractivity contribution in [3.8, 4) is 0 Å². The second-order valence-electron chi connectivity index (χ2n) is 3.20. The van der Waals surface area contributed by atoms with E-state index in [4.69, 9.17) is 0 Å². The van der Waals surface area contributed by atoms with E-state index in [0.29, 0.717) is 0 Å². The van der Waals surface area contributed by atoms with Gasteiger partial charge in [0.25, 0.3) is 0 Å². The molecule has 11 heavy (non-hydrogen) atoms. The Kier molecular flexibility index (Phi) is 2.89. The second kappa shape index (κ2) is 3.72. The molecular formula is C10H15Si. The molecule has 1 aromatic carbocycles. The molecule has 0 aliphatic carbocycles. The van der Waals surface area contributed by atoms with Gasteiger partial charge in [-0.1, -0.05) is 55.9 Å². The van der Waals surface area contributed by atoms with Crippen molar-refractivity contribution in [3.63, 3.8) is 0 Å². The van der Waals surface area contributed by atoms with Crippen molar-refractivity contribution in [1.82, 2.24) is 0 Å². The molecule has 0 amide bonds. The molecule has 1 radical (unpaired) electrons. The Morgan fingerprint density at radius 1 is 1.09 bits per heavy atom. The molecule has 1 aromatic rings. The minimum atomic E-state index is -0.284. The maximum absolute atomic E-state index is 2.38. The first kappa shape index (κ1) is 8.53. The van der Waals surface area contributed by atoms with Crippen LogP contribution in [0.1, 0.15) is 13.8 Å². The molecule has 0 heterocycles. The summed E-state index contributed by atoms with van der Waals surface area (Å²) in [6, 6.07) is 10.8. The Hall–Kier alpha value is -0.563. The molecule has 0 fully saturated rings. The summed E-state index contributed by atoms with van der Waals surface area (Å²) < 4.78 is 0. The quantitative estimate of drug-likeness (QED) is 0.587. The summed E-state index contributed by atoms with van der Waals surface area (Å²) in [5.74, 6) is 0. The van der Waals surface area contributed by atoms with Crippen LogP contribution in [-0.2, 0) is 0 Å². The topological polar surface area (TPSA) is 0 Å². The van der Waals surface area contributed by atoms with Gasteiger partial charge in [-0.25, -0.2) is 0 Å². The standard InChI is InChI=1S/C10H15Si/c1-9(2)11(3)10-7-5-4-6-8-10/h4-9H,1-3H3. The monoisotopic (exact) mass is 163 g/mol. The lowest BCUT2D eigenvalue weighted by Crippen LogP contribution is -2.28. The van der Waals surface area contributed by atoms with E-state index in [1.807, 2.05) is 0 Å². The Labute approximate surface area is 70.9 Å². The molecule has 0 nitrogen and oxygen atoms in total. The Balaban J connectivity index is 2.77. The van der Waals surface area contributed by atoms with Crippen LogP contribution in [0.15, 0.2) is 30.3 Å². The van der Waals surface area contributed by atoms with Gasteiger partial charge in [0.2, 0.25) is 0 Å². The first-order chi connectivity index (χ1) is 5.22. The summed E-state index contributed by atoms with van der Waals surface area (Å²) in [7, 11) is -0.284. The molecule has 0 saturated carbocycles. The number of hydrogen-bond acceptors (Lipinski definition) is 0. The maximum Gasteiger partial charge on any atom is 0.0851 e. The van der Waals surface area contributed by atoms with Crippen LogP contribution >= 0.6 is 0 Å². The smallest absolute Gasteiger partial charge is 0.0667 e. The van der Waals surface area contributed by atoms with Crippen molar-refractivity contribution in [2.45, 2.75) is 25.9 Å². The normalized spacial score (nSPS) is 11.0. The van der Waals surface area contributed by atoms with Gasteiger partial charge in [-0.15, -0.1) is 0 Å². The average Bonchev–Trinajstić information content (AvgIpc) is 2.05. The fourth-order valence-electron chi connectivity index (χ4n) is 1.03. The molecule has 0 aliphatic heterocycles. The molecule has 0 N–H and O–H groups in total. The predicted octanol–water partition coefficient (Wildman–Crippen LogP) is 2.43. The van der Waals surface area contributed by atoms with Crippen LogP contribution in [-0.4, -0.2) is 8.80 Å². The zero-order valence-corrected chi connectivity index (χ0v) is 8.46. The van der Waals surface area contributed by atoms with Crippen LogP contribution in [0, 0.1) is 0 Å². The van der Waals surface area contributed by atoms with Gasteiger partial charge in [-0.2, -0.15) is 0 Å². The van der Waals surface area contributed by atoms with E-state index in [1.165, 1.54) is 0 Å². The van der Waals surface area contributed by atoms with Gasteiger partial charge in [-0.05, 0) is 5.54 Å². The van der Waals surface area contributed by atoms with Gasteiger partial charge >= 0.3 is 0 Å². The lowest BCUT2D eigenvalue weighted by molar-refractivity contribution is 1.05. The van der Waals surface area contributed by atoms with E-state index in [0.717, 1.165) is 5.54 Å². The molecule has 0 unspecified atom stereocenters. The Morgan fingerprint density at radius 3 is 2.09 bits per heavy atom. The highest BCUT2D eigenvalue weighted by Crippen LogP contribution is 2.06. The van der Waals surface area contributed by atoms with Crippen molar-refractivity contribution in [2.75, 3.05) is 0 Å². The summed E-state index contributed by atoms with van der Waals surface area (Å²) in [5, 5.41) is 1.55. The molecule has 0 saturated heterocycles. The Morgan fingerprint density at radius 2 is 1.64 bits per heavy atom. The maximum atomic E-state index is 2.38. The number of hydrogen-bond donors (Lipinski definition) is 0. The predicted molar refractivity (Wildman–Crippen MR) is 52.8 cm³/mol. The molecule has 0 aromatic heterocycles. The van der Waals surface area contributed by atoms with Gasteiger partial charge in [0.05, 0.1) is 8.80 Å². The van der Waals surface area contributed by atoms with Crippen molar-refractivity contribution in [2.24, 2.45) is 0 Å². The number of benzene rings is 1. The van der Waals surface area contributed by atoms with Crippen molar-refractivity contribution in [1.29, 1.82) is 0 Å². The van der Waals surface area contributed by atoms with Crippen LogP contribution in [0.2, 0.25) is 12.1 Å². The third kappa shape index (κ3) is 2.19. The van der Waals surface area contributed by atoms with E-state index in [-0.39, 0.29) is 8.80 Å². The third-order valence-corrected chi connectivity index (χ3v) is 5.07. The van der Waals surface area contributed by atoms with Gasteiger partial charge in [-0.3, -0.25) is 0 Å². The fourth-order valence-corrected chi connectivity index (χ4v) is 2.42. The van der Waals surface area contributed by atoms with E-state index in [1.54, 1.807) is 5.19 Å². The fraction of sp³-hybridized carbons (Fsp3) is 0.400. The molecule has 0 atom stereocenters. The van der Waals surface area contributed by atoms with E-state index >= 15 is 0 Å². The van der Waals surface area contributed by atoms with Gasteiger partial charge < -0.3 is 0 Å². The summed E-state index contributed by atoms with van der Waals surface area (Å²) >= 11 is 0. The molecule has 0 bridgehead atoms. The van der Waals surface area contributed by atoms with Gasteiger partial charge in [0, 0.05) is 0 Å². The molecular weight excluding hydrogens is 148 g/mol. The second-order valence-corrected chi connectivity index (χ2v) is 6.30. The highest BCUT2D eigenvalue weighted by Gasteiger charge is 2.10. The molecule has 0 spiro atoms. The molecule has 0 aliphatic rings. The first-order valence-corrected chi connectivity index (χ1v) is 6.18. The van der Waals surface area contributed by atoms with Crippen LogP contribution in [0.4, 0.5) is 0 Å². The van der Waals surface area contributed by atoms with Gasteiger partial charge in [0.1, 0.15) is 0 Å². The first-order valence-electron chi connectivity index (χ1n) is 4.10. The average molecular weight is 163 g/mol. The summed E-state index contributed by atoms with van der Waals surface area (Å²) in [4.78, 5) is 0. The van der Waals surface area contributed by atoms with Crippen molar-refractivity contribution >= 4 is 14.0 Å². The molecule has 59 valence electrons. The van der Waals surface area contributed by atoms with Crippen molar-refractivity contribution < 1.29 is 0 Å². The largest absolute Gasteiger partial charge is 0.0851 e. The lowest BCUT2D eigenvalue weighted by Gasteiger charge is -2.12. The minimum Gasteiger partial charge on any atom is -0.0667 e. The Bertz CT molecular complexity index is 203. The highest BCUT2D eigenvalue weighted by molar-refractivity contribution is 6.73. The van der Waals surface area contributed by atoms with Crippen LogP contribution in [0.25, 0.3) is 0 Å². The minimum absolute atomic E-state index is 0.284. The zero-order chi connectivity index (χ0) is 8.27. The lowest BCUT2D eigenvalue weighted by atomic mass is 10.4. The zero-order valence-electron chi connectivity index (χ0n) is 7.46. The molecule has 1 heteroatoms. The van der Waals surface area contributed by atoms with Crippen LogP contribution in [0.5, 0.6) is 0 Å². The summed E-state index contributed by atoms with van der Waals surface area (Å²) in [5.41, 5.74) is 0.836. The van der Waals surface area contributed by atoms with E-state index in [9.17, 15) is 0 Å². The van der Waals surface area contributed by atoms with Gasteiger partial charge in [0.15, 0.2) is 0 Å². The summed E-state index contributed by atoms with van der Waals surface area (Å²) in [6.07, 6.45) is 0. The van der Waals surface area contributed by atoms with E-state index < -0.39 is 0 Å². The summed E-state index contributed by atoms with van der Waals surface area (Å²) in [6.45, 7) is 6.99. The van der Waals surface area contributed by atoms with Crippen LogP contribution < -0.4 is 5.19 Å².